The van der Waals surface area contributed by atoms with Crippen LogP contribution in [0.4, 0.5) is 0 Å². The first-order chi connectivity index (χ1) is 15.9. The molecule has 0 saturated carbocycles. The summed E-state index contributed by atoms with van der Waals surface area (Å²) in [7, 11) is -7.82. The van der Waals surface area contributed by atoms with Gasteiger partial charge in [0.1, 0.15) is 0 Å². The van der Waals surface area contributed by atoms with Crippen LogP contribution in [0.3, 0.4) is 0 Å². The molecule has 1 unspecified atom stereocenters. The smallest absolute Gasteiger partial charge is 0.307 e. The van der Waals surface area contributed by atoms with Gasteiger partial charge in [-0.25, -0.2) is 4.57 Å². The van der Waals surface area contributed by atoms with Gasteiger partial charge in [-0.3, -0.25) is 18.1 Å². The molecule has 0 fully saturated rings. The Morgan fingerprint density at radius 3 is 1.52 bits per heavy atom. The lowest BCUT2D eigenvalue weighted by atomic mass is 9.99. The molecule has 2 aromatic rings. The minimum atomic E-state index is -4.00. The van der Waals surface area contributed by atoms with Gasteiger partial charge >= 0.3 is 15.4 Å². The van der Waals surface area contributed by atoms with Crippen LogP contribution in [0.1, 0.15) is 44.9 Å². The van der Waals surface area contributed by atoms with Gasteiger partial charge in [0.25, 0.3) is 0 Å². The number of phosphoric ester groups is 1. The zero-order chi connectivity index (χ0) is 24.2. The third-order valence-corrected chi connectivity index (χ3v) is 8.62. The van der Waals surface area contributed by atoms with Crippen molar-refractivity contribution in [1.29, 1.82) is 0 Å². The van der Waals surface area contributed by atoms with E-state index in [4.69, 9.17) is 22.6 Å². The highest BCUT2D eigenvalue weighted by molar-refractivity contribution is 7.56. The molecule has 0 aliphatic rings. The molecule has 0 bridgehead atoms. The summed E-state index contributed by atoms with van der Waals surface area (Å²) in [6, 6.07) is 19.4. The van der Waals surface area contributed by atoms with Crippen LogP contribution < -0.4 is 5.32 Å². The van der Waals surface area contributed by atoms with Gasteiger partial charge < -0.3 is 14.4 Å². The summed E-state index contributed by atoms with van der Waals surface area (Å²) in [4.78, 5) is 0. The molecular formula is C23H35NO7P2. The van der Waals surface area contributed by atoms with Crippen molar-refractivity contribution in [2.24, 2.45) is 0 Å². The van der Waals surface area contributed by atoms with Crippen molar-refractivity contribution >= 4 is 15.4 Å². The zero-order valence-corrected chi connectivity index (χ0v) is 21.5. The number of nitrogens with one attached hydrogen (secondary N) is 1. The highest BCUT2D eigenvalue weighted by atomic mass is 31.2. The largest absolute Gasteiger partial charge is 0.475 e. The number of phosphoric acid groups is 1. The van der Waals surface area contributed by atoms with Crippen LogP contribution in [0.2, 0.25) is 0 Å². The molecule has 0 aromatic heterocycles. The summed E-state index contributed by atoms with van der Waals surface area (Å²) < 4.78 is 54.1. The fourth-order valence-corrected chi connectivity index (χ4v) is 6.74. The average molecular weight is 499 g/mol. The molecule has 184 valence electrons. The standard InChI is InChI=1S/C23H35NO7P2/c1-5-27-32(25,28-6-2)22(31-33(26,29-7-3)30-8-4)19-24-23(20-15-11-9-12-16-20)21-17-13-10-14-18-21/h9-18,22-24H,5-8,19H2,1-4H3. The van der Waals surface area contributed by atoms with E-state index in [2.05, 4.69) is 5.32 Å². The first-order valence-corrected chi connectivity index (χ1v) is 14.3. The highest BCUT2D eigenvalue weighted by Gasteiger charge is 2.43. The third-order valence-electron chi connectivity index (χ3n) is 4.56. The quantitative estimate of drug-likeness (QED) is 0.275. The Bertz CT molecular complexity index is 839. The van der Waals surface area contributed by atoms with Crippen LogP contribution in [0, 0.1) is 0 Å². The zero-order valence-electron chi connectivity index (χ0n) is 19.7. The highest BCUT2D eigenvalue weighted by Crippen LogP contribution is 2.61. The van der Waals surface area contributed by atoms with Gasteiger partial charge in [-0.05, 0) is 38.8 Å². The van der Waals surface area contributed by atoms with E-state index < -0.39 is 21.3 Å². The van der Waals surface area contributed by atoms with E-state index in [0.717, 1.165) is 11.1 Å². The monoisotopic (exact) mass is 499 g/mol. The molecule has 0 radical (unpaired) electrons. The molecule has 0 heterocycles. The SMILES string of the molecule is CCOP(=O)(OCC)OC(CNC(c1ccccc1)c1ccccc1)P(=O)(OCC)OCC. The topological polar surface area (TPSA) is 92.3 Å². The van der Waals surface area contributed by atoms with Gasteiger partial charge in [0.2, 0.25) is 0 Å². The molecule has 33 heavy (non-hydrogen) atoms. The predicted molar refractivity (Wildman–Crippen MR) is 129 cm³/mol. The van der Waals surface area contributed by atoms with Gasteiger partial charge in [-0.1, -0.05) is 60.7 Å². The van der Waals surface area contributed by atoms with E-state index in [0.29, 0.717) is 0 Å². The van der Waals surface area contributed by atoms with Gasteiger partial charge in [0.15, 0.2) is 5.85 Å². The van der Waals surface area contributed by atoms with Crippen molar-refractivity contribution in [1.82, 2.24) is 5.32 Å². The molecule has 8 nitrogen and oxygen atoms in total. The summed E-state index contributed by atoms with van der Waals surface area (Å²) >= 11 is 0. The maximum absolute atomic E-state index is 13.6. The molecule has 0 aliphatic carbocycles. The van der Waals surface area contributed by atoms with E-state index in [1.165, 1.54) is 0 Å². The minimum Gasteiger partial charge on any atom is -0.307 e. The van der Waals surface area contributed by atoms with Crippen LogP contribution in [0.25, 0.3) is 0 Å². The number of hydrogen-bond acceptors (Lipinski definition) is 8. The van der Waals surface area contributed by atoms with Crippen LogP contribution >= 0.6 is 15.4 Å². The Morgan fingerprint density at radius 1 is 0.697 bits per heavy atom. The molecule has 1 N–H and O–H groups in total. The van der Waals surface area contributed by atoms with E-state index in [-0.39, 0.29) is 39.0 Å². The van der Waals surface area contributed by atoms with Gasteiger partial charge in [0, 0.05) is 6.54 Å². The van der Waals surface area contributed by atoms with Gasteiger partial charge in [-0.15, -0.1) is 0 Å². The Kier molecular flexibility index (Phi) is 12.0. The summed E-state index contributed by atoms with van der Waals surface area (Å²) in [5, 5.41) is 3.39. The van der Waals surface area contributed by atoms with Crippen molar-refractivity contribution < 1.29 is 31.7 Å². The molecule has 0 spiro atoms. The second kappa shape index (κ2) is 14.1. The van der Waals surface area contributed by atoms with Crippen LogP contribution in [-0.2, 0) is 31.7 Å². The molecule has 0 amide bonds. The van der Waals surface area contributed by atoms with E-state index in [1.54, 1.807) is 27.7 Å². The first-order valence-electron chi connectivity index (χ1n) is 11.2. The fourth-order valence-electron chi connectivity index (χ4n) is 3.27. The molecule has 2 rings (SSSR count). The predicted octanol–water partition coefficient (Wildman–Crippen LogP) is 6.16. The molecular weight excluding hydrogens is 464 g/mol. The van der Waals surface area contributed by atoms with Gasteiger partial charge in [-0.2, -0.15) is 0 Å². The van der Waals surface area contributed by atoms with Crippen molar-refractivity contribution in [3.63, 3.8) is 0 Å². The Morgan fingerprint density at radius 2 is 1.12 bits per heavy atom. The molecule has 2 aromatic carbocycles. The lowest BCUT2D eigenvalue weighted by Gasteiger charge is -2.30. The summed E-state index contributed by atoms with van der Waals surface area (Å²) in [6.07, 6.45) is 0. The van der Waals surface area contributed by atoms with Crippen LogP contribution in [-0.4, -0.2) is 38.8 Å². The van der Waals surface area contributed by atoms with Crippen molar-refractivity contribution in [3.05, 3.63) is 71.8 Å². The second-order valence-electron chi connectivity index (χ2n) is 6.88. The van der Waals surface area contributed by atoms with Crippen LogP contribution in [0.5, 0.6) is 0 Å². The van der Waals surface area contributed by atoms with Crippen LogP contribution in [0.15, 0.2) is 60.7 Å². The Labute approximate surface area is 197 Å². The lowest BCUT2D eigenvalue weighted by molar-refractivity contribution is 0.0883. The van der Waals surface area contributed by atoms with E-state index in [1.807, 2.05) is 60.7 Å². The Balaban J connectivity index is 2.38. The number of benzene rings is 2. The second-order valence-corrected chi connectivity index (χ2v) is 10.7. The summed E-state index contributed by atoms with van der Waals surface area (Å²) in [5.74, 6) is -1.23. The third kappa shape index (κ3) is 8.43. The maximum Gasteiger partial charge on any atom is 0.475 e. The number of rotatable bonds is 16. The average Bonchev–Trinajstić information content (AvgIpc) is 2.80. The molecule has 0 saturated heterocycles. The molecule has 1 atom stereocenters. The minimum absolute atomic E-state index is 0.00979. The first kappa shape index (κ1) is 27.9. The summed E-state index contributed by atoms with van der Waals surface area (Å²) in [5.41, 5.74) is 2.01. The van der Waals surface area contributed by atoms with E-state index in [9.17, 15) is 9.13 Å². The molecule has 10 heteroatoms. The van der Waals surface area contributed by atoms with E-state index >= 15 is 0 Å². The maximum atomic E-state index is 13.6. The lowest BCUT2D eigenvalue weighted by Crippen LogP contribution is -2.33. The van der Waals surface area contributed by atoms with Crippen molar-refractivity contribution in [2.45, 2.75) is 39.6 Å². The fraction of sp³-hybridized carbons (Fsp3) is 0.478. The number of hydrogen-bond donors (Lipinski definition) is 1. The normalized spacial score (nSPS) is 13.4. The Hall–Kier alpha value is -1.34. The van der Waals surface area contributed by atoms with Crippen molar-refractivity contribution in [3.8, 4) is 0 Å². The van der Waals surface area contributed by atoms with Crippen molar-refractivity contribution in [2.75, 3.05) is 33.0 Å². The summed E-state index contributed by atoms with van der Waals surface area (Å²) in [6.45, 7) is 7.23. The molecule has 0 aliphatic heterocycles. The van der Waals surface area contributed by atoms with Gasteiger partial charge in [0.05, 0.1) is 32.5 Å².